The average Bonchev–Trinajstić information content (AvgIpc) is 2.83. The molecule has 0 spiro atoms. The Morgan fingerprint density at radius 2 is 2.22 bits per heavy atom. The van der Waals surface area contributed by atoms with E-state index in [0.717, 1.165) is 15.4 Å². The monoisotopic (exact) mass is 281 g/mol. The van der Waals surface area contributed by atoms with Crippen molar-refractivity contribution in [1.82, 2.24) is 4.98 Å². The number of hydrogen-bond acceptors (Lipinski definition) is 4. The first-order valence-corrected chi connectivity index (χ1v) is 7.46. The van der Waals surface area contributed by atoms with Crippen LogP contribution in [0, 0.1) is 12.8 Å². The molecule has 3 nitrogen and oxygen atoms in total. The molecular weight excluding hydrogens is 266 g/mol. The van der Waals surface area contributed by atoms with Gasteiger partial charge in [-0.1, -0.05) is 13.8 Å². The molecule has 0 aromatic carbocycles. The molecule has 0 aliphatic heterocycles. The molecular formula is C13H15NO2S2. The summed E-state index contributed by atoms with van der Waals surface area (Å²) in [7, 11) is 0. The second-order valence-corrected chi connectivity index (χ2v) is 6.55. The van der Waals surface area contributed by atoms with E-state index in [1.807, 2.05) is 18.4 Å². The standard InChI is InChI=1S/C13H15NO2S2/c1-7(2)6-9-11(13(15)16)18-12(14-9)10-8(3)4-5-17-10/h4-5,7H,6H2,1-3H3,(H,15,16). The molecule has 0 radical (unpaired) electrons. The van der Waals surface area contributed by atoms with Crippen molar-refractivity contribution >= 4 is 28.6 Å². The molecule has 0 fully saturated rings. The zero-order valence-corrected chi connectivity index (χ0v) is 12.2. The maximum absolute atomic E-state index is 11.2. The van der Waals surface area contributed by atoms with Crippen LogP contribution in [-0.2, 0) is 6.42 Å². The highest BCUT2D eigenvalue weighted by Gasteiger charge is 2.20. The van der Waals surface area contributed by atoms with Gasteiger partial charge in [-0.3, -0.25) is 0 Å². The zero-order chi connectivity index (χ0) is 13.3. The summed E-state index contributed by atoms with van der Waals surface area (Å²) in [6, 6.07) is 2.03. The Balaban J connectivity index is 2.45. The first-order chi connectivity index (χ1) is 8.49. The summed E-state index contributed by atoms with van der Waals surface area (Å²) in [5.74, 6) is -0.467. The van der Waals surface area contributed by atoms with Crippen LogP contribution in [-0.4, -0.2) is 16.1 Å². The number of carboxylic acids is 1. The van der Waals surface area contributed by atoms with E-state index in [1.54, 1.807) is 11.3 Å². The van der Waals surface area contributed by atoms with E-state index in [9.17, 15) is 9.90 Å². The summed E-state index contributed by atoms with van der Waals surface area (Å²) in [6.07, 6.45) is 0.711. The molecule has 18 heavy (non-hydrogen) atoms. The Hall–Kier alpha value is -1.20. The quantitative estimate of drug-likeness (QED) is 0.918. The molecule has 0 aliphatic rings. The van der Waals surface area contributed by atoms with Gasteiger partial charge in [-0.25, -0.2) is 9.78 Å². The highest BCUT2D eigenvalue weighted by molar-refractivity contribution is 7.22. The number of aromatic carboxylic acids is 1. The number of thiophene rings is 1. The zero-order valence-electron chi connectivity index (χ0n) is 10.6. The van der Waals surface area contributed by atoms with Crippen LogP contribution in [0.15, 0.2) is 11.4 Å². The molecule has 0 aliphatic carbocycles. The fourth-order valence-electron chi connectivity index (χ4n) is 1.73. The first-order valence-electron chi connectivity index (χ1n) is 5.76. The summed E-state index contributed by atoms with van der Waals surface area (Å²) < 4.78 is 0. The van der Waals surface area contributed by atoms with Gasteiger partial charge >= 0.3 is 5.97 Å². The fraction of sp³-hybridized carbons (Fsp3) is 0.385. The van der Waals surface area contributed by atoms with Crippen LogP contribution >= 0.6 is 22.7 Å². The summed E-state index contributed by atoms with van der Waals surface area (Å²) in [5, 5.41) is 12.1. The SMILES string of the molecule is Cc1ccsc1-c1nc(CC(C)C)c(C(=O)O)s1. The number of aryl methyl sites for hydroxylation is 1. The number of rotatable bonds is 4. The van der Waals surface area contributed by atoms with E-state index in [4.69, 9.17) is 0 Å². The molecule has 0 atom stereocenters. The van der Waals surface area contributed by atoms with E-state index in [2.05, 4.69) is 18.8 Å². The molecule has 0 amide bonds. The molecule has 2 aromatic heterocycles. The molecule has 5 heteroatoms. The molecule has 0 saturated carbocycles. The van der Waals surface area contributed by atoms with Crippen LogP contribution in [0.4, 0.5) is 0 Å². The van der Waals surface area contributed by atoms with Crippen LogP contribution in [0.3, 0.4) is 0 Å². The lowest BCUT2D eigenvalue weighted by Gasteiger charge is -2.01. The smallest absolute Gasteiger partial charge is 0.347 e. The van der Waals surface area contributed by atoms with Crippen molar-refractivity contribution in [2.75, 3.05) is 0 Å². The van der Waals surface area contributed by atoms with Gasteiger partial charge in [0.05, 0.1) is 10.6 Å². The van der Waals surface area contributed by atoms with Gasteiger partial charge in [-0.15, -0.1) is 22.7 Å². The van der Waals surface area contributed by atoms with E-state index >= 15 is 0 Å². The summed E-state index contributed by atoms with van der Waals surface area (Å²) in [5.41, 5.74) is 1.87. The lowest BCUT2D eigenvalue weighted by molar-refractivity contribution is 0.0700. The molecule has 0 saturated heterocycles. The number of carboxylic acid groups (broad SMARTS) is 1. The van der Waals surface area contributed by atoms with E-state index in [-0.39, 0.29) is 0 Å². The first kappa shape index (κ1) is 13.2. The molecule has 1 N–H and O–H groups in total. The second-order valence-electron chi connectivity index (χ2n) is 4.63. The minimum Gasteiger partial charge on any atom is -0.477 e. The number of hydrogen-bond donors (Lipinski definition) is 1. The van der Waals surface area contributed by atoms with E-state index < -0.39 is 5.97 Å². The molecule has 2 rings (SSSR count). The summed E-state index contributed by atoms with van der Waals surface area (Å²) in [6.45, 7) is 6.16. The number of nitrogens with zero attached hydrogens (tertiary/aromatic N) is 1. The third kappa shape index (κ3) is 2.62. The van der Waals surface area contributed by atoms with Crippen molar-refractivity contribution in [3.05, 3.63) is 27.6 Å². The van der Waals surface area contributed by atoms with Crippen LogP contribution in [0.1, 0.15) is 34.8 Å². The average molecular weight is 281 g/mol. The molecule has 2 heterocycles. The van der Waals surface area contributed by atoms with Crippen molar-refractivity contribution in [3.8, 4) is 9.88 Å². The number of thiazole rings is 1. The van der Waals surface area contributed by atoms with Gasteiger partial charge < -0.3 is 5.11 Å². The van der Waals surface area contributed by atoms with Crippen LogP contribution in [0.5, 0.6) is 0 Å². The Kier molecular flexibility index (Phi) is 3.82. The minimum absolute atomic E-state index is 0.381. The third-order valence-electron chi connectivity index (χ3n) is 2.55. The van der Waals surface area contributed by atoms with Gasteiger partial charge in [0.1, 0.15) is 9.88 Å². The lowest BCUT2D eigenvalue weighted by Crippen LogP contribution is -2.02. The van der Waals surface area contributed by atoms with Crippen LogP contribution in [0.2, 0.25) is 0 Å². The summed E-state index contributed by atoms with van der Waals surface area (Å²) in [4.78, 5) is 17.2. The van der Waals surface area contributed by atoms with E-state index in [1.165, 1.54) is 11.3 Å². The highest BCUT2D eigenvalue weighted by Crippen LogP contribution is 2.34. The highest BCUT2D eigenvalue weighted by atomic mass is 32.1. The normalized spacial score (nSPS) is 11.1. The van der Waals surface area contributed by atoms with E-state index in [0.29, 0.717) is 22.9 Å². The van der Waals surface area contributed by atoms with Gasteiger partial charge in [0.15, 0.2) is 0 Å². The van der Waals surface area contributed by atoms with Gasteiger partial charge in [-0.05, 0) is 36.3 Å². The maximum atomic E-state index is 11.2. The number of aromatic nitrogens is 1. The van der Waals surface area contributed by atoms with Crippen molar-refractivity contribution in [2.45, 2.75) is 27.2 Å². The maximum Gasteiger partial charge on any atom is 0.347 e. The lowest BCUT2D eigenvalue weighted by atomic mass is 10.1. The van der Waals surface area contributed by atoms with Crippen molar-refractivity contribution in [1.29, 1.82) is 0 Å². The predicted molar refractivity (Wildman–Crippen MR) is 75.7 cm³/mol. The largest absolute Gasteiger partial charge is 0.477 e. The number of carbonyl (C=O) groups is 1. The van der Waals surface area contributed by atoms with Crippen molar-refractivity contribution in [3.63, 3.8) is 0 Å². The van der Waals surface area contributed by atoms with Gasteiger partial charge in [0.25, 0.3) is 0 Å². The van der Waals surface area contributed by atoms with Crippen molar-refractivity contribution in [2.24, 2.45) is 5.92 Å². The Bertz CT molecular complexity index is 569. The molecule has 0 bridgehead atoms. The van der Waals surface area contributed by atoms with Crippen molar-refractivity contribution < 1.29 is 9.90 Å². The molecule has 0 unspecified atom stereocenters. The van der Waals surface area contributed by atoms with Gasteiger partial charge in [0, 0.05) is 0 Å². The Morgan fingerprint density at radius 3 is 2.72 bits per heavy atom. The summed E-state index contributed by atoms with van der Waals surface area (Å²) >= 11 is 2.89. The molecule has 2 aromatic rings. The second kappa shape index (κ2) is 5.20. The topological polar surface area (TPSA) is 50.2 Å². The van der Waals surface area contributed by atoms with Gasteiger partial charge in [0.2, 0.25) is 0 Å². The van der Waals surface area contributed by atoms with Crippen LogP contribution in [0.25, 0.3) is 9.88 Å². The fourth-order valence-corrected chi connectivity index (χ4v) is 3.75. The van der Waals surface area contributed by atoms with Gasteiger partial charge in [-0.2, -0.15) is 0 Å². The third-order valence-corrected chi connectivity index (χ3v) is 4.81. The predicted octanol–water partition coefficient (Wildman–Crippen LogP) is 4.08. The molecule has 96 valence electrons. The minimum atomic E-state index is -0.872. The Labute approximate surface area is 114 Å². The van der Waals surface area contributed by atoms with Crippen LogP contribution < -0.4 is 0 Å². The Morgan fingerprint density at radius 1 is 1.50 bits per heavy atom.